The van der Waals surface area contributed by atoms with Gasteiger partial charge < -0.3 is 9.64 Å². The molecule has 4 heteroatoms. The highest BCUT2D eigenvalue weighted by Gasteiger charge is 2.18. The van der Waals surface area contributed by atoms with Gasteiger partial charge in [-0.15, -0.1) is 11.6 Å². The van der Waals surface area contributed by atoms with Gasteiger partial charge in [0.05, 0.1) is 7.11 Å². The van der Waals surface area contributed by atoms with Gasteiger partial charge in [0.15, 0.2) is 0 Å². The number of ether oxygens (including phenoxy) is 1. The maximum Gasteiger partial charge on any atom is 0.244 e. The molecule has 1 rings (SSSR count). The van der Waals surface area contributed by atoms with E-state index in [-0.39, 0.29) is 5.91 Å². The molecule has 1 aromatic carbocycles. The number of halogens is 1. The van der Waals surface area contributed by atoms with E-state index in [1.54, 1.807) is 45.5 Å². The molecule has 0 bridgehead atoms. The van der Waals surface area contributed by atoms with Crippen molar-refractivity contribution < 1.29 is 9.53 Å². The van der Waals surface area contributed by atoms with E-state index in [0.717, 1.165) is 11.3 Å². The third-order valence-electron chi connectivity index (χ3n) is 2.07. The van der Waals surface area contributed by atoms with Gasteiger partial charge in [-0.3, -0.25) is 4.79 Å². The maximum absolute atomic E-state index is 11.6. The van der Waals surface area contributed by atoms with Crippen LogP contribution in [0.1, 0.15) is 10.9 Å². The first-order chi connectivity index (χ1) is 7.06. The van der Waals surface area contributed by atoms with Gasteiger partial charge in [-0.05, 0) is 17.7 Å². The van der Waals surface area contributed by atoms with Crippen LogP contribution in [-0.2, 0) is 4.79 Å². The van der Waals surface area contributed by atoms with Crippen molar-refractivity contribution >= 4 is 17.5 Å². The van der Waals surface area contributed by atoms with Crippen molar-refractivity contribution in [3.63, 3.8) is 0 Å². The molecule has 0 fully saturated rings. The van der Waals surface area contributed by atoms with Crippen LogP contribution in [0.15, 0.2) is 24.3 Å². The number of nitrogens with zero attached hydrogens (tertiary/aromatic N) is 1. The molecule has 0 saturated heterocycles. The Kier molecular flexibility index (Phi) is 3.97. The topological polar surface area (TPSA) is 29.5 Å². The normalized spacial score (nSPS) is 12.0. The summed E-state index contributed by atoms with van der Waals surface area (Å²) in [5, 5.41) is -0.633. The Labute approximate surface area is 94.6 Å². The average Bonchev–Trinajstić information content (AvgIpc) is 2.27. The first-order valence-corrected chi connectivity index (χ1v) is 4.99. The van der Waals surface area contributed by atoms with Gasteiger partial charge in [-0.25, -0.2) is 0 Å². The quantitative estimate of drug-likeness (QED) is 0.740. The number of likely N-dealkylation sites (N-methyl/N-ethyl adjacent to an activating group) is 1. The molecule has 0 aliphatic rings. The lowest BCUT2D eigenvalue weighted by atomic mass is 10.1. The number of methoxy groups -OCH3 is 1. The fourth-order valence-corrected chi connectivity index (χ4v) is 1.48. The molecule has 0 heterocycles. The zero-order valence-electron chi connectivity index (χ0n) is 9.03. The summed E-state index contributed by atoms with van der Waals surface area (Å²) in [6.07, 6.45) is 0. The predicted octanol–water partition coefficient (Wildman–Crippen LogP) is 2.06. The van der Waals surface area contributed by atoms with Crippen LogP contribution in [0.5, 0.6) is 5.75 Å². The maximum atomic E-state index is 11.6. The number of benzene rings is 1. The van der Waals surface area contributed by atoms with Gasteiger partial charge in [0.25, 0.3) is 0 Å². The van der Waals surface area contributed by atoms with E-state index in [0.29, 0.717) is 0 Å². The zero-order chi connectivity index (χ0) is 11.4. The second-order valence-electron chi connectivity index (χ2n) is 3.37. The number of amides is 1. The van der Waals surface area contributed by atoms with Crippen LogP contribution in [0.3, 0.4) is 0 Å². The molecular formula is C11H14ClNO2. The van der Waals surface area contributed by atoms with Crippen LogP contribution in [0, 0.1) is 0 Å². The molecule has 0 aromatic heterocycles. The predicted molar refractivity (Wildman–Crippen MR) is 60.3 cm³/mol. The van der Waals surface area contributed by atoms with Crippen molar-refractivity contribution in [1.29, 1.82) is 0 Å². The minimum atomic E-state index is -0.633. The van der Waals surface area contributed by atoms with Crippen LogP contribution in [0.2, 0.25) is 0 Å². The minimum Gasteiger partial charge on any atom is -0.497 e. The number of carbonyl (C=O) groups is 1. The second-order valence-corrected chi connectivity index (χ2v) is 3.80. The van der Waals surface area contributed by atoms with Crippen LogP contribution in [-0.4, -0.2) is 32.0 Å². The number of carbonyl (C=O) groups excluding carboxylic acids is 1. The molecule has 0 spiro atoms. The van der Waals surface area contributed by atoms with Crippen molar-refractivity contribution in [2.45, 2.75) is 5.38 Å². The van der Waals surface area contributed by atoms with E-state index >= 15 is 0 Å². The van der Waals surface area contributed by atoms with Crippen LogP contribution in [0.4, 0.5) is 0 Å². The molecule has 0 aliphatic heterocycles. The standard InChI is InChI=1S/C11H14ClNO2/c1-13(2)11(14)10(12)8-4-6-9(15-3)7-5-8/h4-7,10H,1-3H3. The van der Waals surface area contributed by atoms with E-state index in [1.807, 2.05) is 0 Å². The molecule has 0 aliphatic carbocycles. The summed E-state index contributed by atoms with van der Waals surface area (Å²) in [5.41, 5.74) is 0.774. The first kappa shape index (κ1) is 11.9. The Bertz CT molecular complexity index is 335. The Balaban J connectivity index is 2.82. The van der Waals surface area contributed by atoms with Gasteiger partial charge in [-0.2, -0.15) is 0 Å². The largest absolute Gasteiger partial charge is 0.497 e. The van der Waals surface area contributed by atoms with Crippen LogP contribution >= 0.6 is 11.6 Å². The summed E-state index contributed by atoms with van der Waals surface area (Å²) in [7, 11) is 4.96. The lowest BCUT2D eigenvalue weighted by molar-refractivity contribution is -0.128. The molecule has 82 valence electrons. The molecule has 1 aromatic rings. The van der Waals surface area contributed by atoms with Gasteiger partial charge in [0, 0.05) is 14.1 Å². The molecule has 0 radical (unpaired) electrons. The van der Waals surface area contributed by atoms with Crippen molar-refractivity contribution in [3.8, 4) is 5.75 Å². The highest BCUT2D eigenvalue weighted by Crippen LogP contribution is 2.24. The van der Waals surface area contributed by atoms with E-state index in [4.69, 9.17) is 16.3 Å². The SMILES string of the molecule is COc1ccc(C(Cl)C(=O)N(C)C)cc1. The summed E-state index contributed by atoms with van der Waals surface area (Å²) in [6.45, 7) is 0. The smallest absolute Gasteiger partial charge is 0.244 e. The minimum absolute atomic E-state index is 0.123. The van der Waals surface area contributed by atoms with E-state index < -0.39 is 5.38 Å². The zero-order valence-corrected chi connectivity index (χ0v) is 9.78. The van der Waals surface area contributed by atoms with Gasteiger partial charge in [0.2, 0.25) is 5.91 Å². The summed E-state index contributed by atoms with van der Waals surface area (Å²) in [6, 6.07) is 7.15. The molecule has 0 N–H and O–H groups in total. The van der Waals surface area contributed by atoms with E-state index in [9.17, 15) is 4.79 Å². The van der Waals surface area contributed by atoms with Crippen LogP contribution < -0.4 is 4.74 Å². The summed E-state index contributed by atoms with van der Waals surface area (Å²) in [4.78, 5) is 13.0. The summed E-state index contributed by atoms with van der Waals surface area (Å²) in [5.74, 6) is 0.627. The highest BCUT2D eigenvalue weighted by molar-refractivity contribution is 6.30. The molecule has 1 amide bonds. The fourth-order valence-electron chi connectivity index (χ4n) is 1.14. The Hall–Kier alpha value is -1.22. The van der Waals surface area contributed by atoms with Gasteiger partial charge >= 0.3 is 0 Å². The average molecular weight is 228 g/mol. The number of hydrogen-bond donors (Lipinski definition) is 0. The first-order valence-electron chi connectivity index (χ1n) is 4.55. The van der Waals surface area contributed by atoms with Gasteiger partial charge in [-0.1, -0.05) is 12.1 Å². The van der Waals surface area contributed by atoms with Crippen molar-refractivity contribution in [2.75, 3.05) is 21.2 Å². The molecule has 1 atom stereocenters. The second kappa shape index (κ2) is 5.03. The van der Waals surface area contributed by atoms with E-state index in [1.165, 1.54) is 4.90 Å². The summed E-state index contributed by atoms with van der Waals surface area (Å²) < 4.78 is 5.02. The molecule has 15 heavy (non-hydrogen) atoms. The number of alkyl halides is 1. The Morgan fingerprint density at radius 2 is 1.87 bits per heavy atom. The number of hydrogen-bond acceptors (Lipinski definition) is 2. The Morgan fingerprint density at radius 1 is 1.33 bits per heavy atom. The molecule has 3 nitrogen and oxygen atoms in total. The van der Waals surface area contributed by atoms with Crippen molar-refractivity contribution in [1.82, 2.24) is 4.90 Å². The van der Waals surface area contributed by atoms with Crippen LogP contribution in [0.25, 0.3) is 0 Å². The Morgan fingerprint density at radius 3 is 2.27 bits per heavy atom. The molecular weight excluding hydrogens is 214 g/mol. The molecule has 0 saturated carbocycles. The summed E-state index contributed by atoms with van der Waals surface area (Å²) >= 11 is 6.02. The highest BCUT2D eigenvalue weighted by atomic mass is 35.5. The molecule has 1 unspecified atom stereocenters. The van der Waals surface area contributed by atoms with Crippen molar-refractivity contribution in [3.05, 3.63) is 29.8 Å². The fraction of sp³-hybridized carbons (Fsp3) is 0.364. The van der Waals surface area contributed by atoms with Gasteiger partial charge in [0.1, 0.15) is 11.1 Å². The lowest BCUT2D eigenvalue weighted by Gasteiger charge is -2.15. The number of rotatable bonds is 3. The van der Waals surface area contributed by atoms with Crippen molar-refractivity contribution in [2.24, 2.45) is 0 Å². The lowest BCUT2D eigenvalue weighted by Crippen LogP contribution is -2.25. The van der Waals surface area contributed by atoms with E-state index in [2.05, 4.69) is 0 Å². The third-order valence-corrected chi connectivity index (χ3v) is 2.50. The monoisotopic (exact) mass is 227 g/mol. The third kappa shape index (κ3) is 2.86.